The van der Waals surface area contributed by atoms with Crippen LogP contribution in [0.5, 0.6) is 0 Å². The number of carbonyl (C=O) groups is 3. The second-order valence-corrected chi connectivity index (χ2v) is 8.74. The van der Waals surface area contributed by atoms with E-state index in [-0.39, 0.29) is 23.8 Å². The van der Waals surface area contributed by atoms with Gasteiger partial charge in [-0.3, -0.25) is 24.2 Å². The average Bonchev–Trinajstić information content (AvgIpc) is 3.41. The summed E-state index contributed by atoms with van der Waals surface area (Å²) in [7, 11) is 0. The highest BCUT2D eigenvalue weighted by Gasteiger charge is 2.35. The SMILES string of the molecule is CCCCN1C(=O)c2ccc(C(=O)NC[C@H](c3cccs3)N3CCOCC3)cc2C1=O. The van der Waals surface area contributed by atoms with Gasteiger partial charge < -0.3 is 10.1 Å². The molecular formula is C23H27N3O4S. The van der Waals surface area contributed by atoms with Gasteiger partial charge in [0.2, 0.25) is 0 Å². The summed E-state index contributed by atoms with van der Waals surface area (Å²) in [5, 5.41) is 5.06. The van der Waals surface area contributed by atoms with Crippen molar-refractivity contribution in [3.8, 4) is 0 Å². The second kappa shape index (κ2) is 9.72. The van der Waals surface area contributed by atoms with Crippen molar-refractivity contribution in [3.63, 3.8) is 0 Å². The maximum absolute atomic E-state index is 12.9. The number of imide groups is 1. The molecule has 1 atom stereocenters. The van der Waals surface area contributed by atoms with E-state index in [9.17, 15) is 14.4 Å². The van der Waals surface area contributed by atoms with Crippen molar-refractivity contribution < 1.29 is 19.1 Å². The third-order valence-corrected chi connectivity index (χ3v) is 6.76. The number of benzene rings is 1. The first kappa shape index (κ1) is 21.7. The molecule has 2 aromatic rings. The van der Waals surface area contributed by atoms with Gasteiger partial charge in [-0.25, -0.2) is 0 Å². The third kappa shape index (κ3) is 4.56. The first-order valence-corrected chi connectivity index (χ1v) is 11.6. The van der Waals surface area contributed by atoms with Crippen molar-refractivity contribution in [2.75, 3.05) is 39.4 Å². The van der Waals surface area contributed by atoms with Gasteiger partial charge in [-0.2, -0.15) is 0 Å². The Balaban J connectivity index is 1.46. The lowest BCUT2D eigenvalue weighted by atomic mass is 10.1. The van der Waals surface area contributed by atoms with Crippen LogP contribution in [-0.4, -0.2) is 66.9 Å². The number of morpholine rings is 1. The molecule has 1 aromatic heterocycles. The monoisotopic (exact) mass is 441 g/mol. The van der Waals surface area contributed by atoms with Crippen molar-refractivity contribution in [2.45, 2.75) is 25.8 Å². The van der Waals surface area contributed by atoms with Crippen molar-refractivity contribution in [1.29, 1.82) is 0 Å². The van der Waals surface area contributed by atoms with Crippen LogP contribution in [0.2, 0.25) is 0 Å². The highest BCUT2D eigenvalue weighted by atomic mass is 32.1. The number of thiophene rings is 1. The lowest BCUT2D eigenvalue weighted by Crippen LogP contribution is -2.43. The number of hydrogen-bond donors (Lipinski definition) is 1. The topological polar surface area (TPSA) is 79.0 Å². The number of fused-ring (bicyclic) bond motifs is 1. The molecule has 7 nitrogen and oxygen atoms in total. The van der Waals surface area contributed by atoms with Crippen LogP contribution < -0.4 is 5.32 Å². The van der Waals surface area contributed by atoms with Gasteiger partial charge in [-0.05, 0) is 36.1 Å². The molecule has 164 valence electrons. The quantitative estimate of drug-likeness (QED) is 0.638. The molecule has 4 rings (SSSR count). The largest absolute Gasteiger partial charge is 0.379 e. The van der Waals surface area contributed by atoms with Crippen LogP contribution in [0, 0.1) is 0 Å². The summed E-state index contributed by atoms with van der Waals surface area (Å²) >= 11 is 1.67. The van der Waals surface area contributed by atoms with Crippen molar-refractivity contribution in [1.82, 2.24) is 15.1 Å². The molecule has 1 fully saturated rings. The molecule has 1 saturated heterocycles. The zero-order valence-electron chi connectivity index (χ0n) is 17.6. The second-order valence-electron chi connectivity index (χ2n) is 7.77. The van der Waals surface area contributed by atoms with Crippen LogP contribution in [0.3, 0.4) is 0 Å². The Morgan fingerprint density at radius 2 is 1.94 bits per heavy atom. The van der Waals surface area contributed by atoms with E-state index >= 15 is 0 Å². The van der Waals surface area contributed by atoms with Gasteiger partial charge >= 0.3 is 0 Å². The fourth-order valence-corrected chi connectivity index (χ4v) is 4.88. The number of unbranched alkanes of at least 4 members (excludes halogenated alkanes) is 1. The molecule has 3 amide bonds. The number of carbonyl (C=O) groups excluding carboxylic acids is 3. The molecule has 8 heteroatoms. The summed E-state index contributed by atoms with van der Waals surface area (Å²) in [6.07, 6.45) is 1.67. The molecule has 0 bridgehead atoms. The van der Waals surface area contributed by atoms with Crippen LogP contribution in [0.15, 0.2) is 35.7 Å². The fraction of sp³-hybridized carbons (Fsp3) is 0.435. The van der Waals surface area contributed by atoms with E-state index in [1.54, 1.807) is 29.5 Å². The zero-order chi connectivity index (χ0) is 21.8. The highest BCUT2D eigenvalue weighted by Crippen LogP contribution is 2.27. The smallest absolute Gasteiger partial charge is 0.261 e. The first-order chi connectivity index (χ1) is 15.1. The highest BCUT2D eigenvalue weighted by molar-refractivity contribution is 7.10. The predicted octanol–water partition coefficient (Wildman–Crippen LogP) is 2.95. The Morgan fingerprint density at radius 1 is 1.16 bits per heavy atom. The third-order valence-electron chi connectivity index (χ3n) is 5.78. The van der Waals surface area contributed by atoms with E-state index in [1.807, 2.05) is 18.4 Å². The normalized spacial score (nSPS) is 17.6. The Hall–Kier alpha value is -2.55. The van der Waals surface area contributed by atoms with E-state index in [2.05, 4.69) is 16.3 Å². The minimum absolute atomic E-state index is 0.0787. The summed E-state index contributed by atoms with van der Waals surface area (Å²) in [5.41, 5.74) is 1.09. The number of hydrogen-bond acceptors (Lipinski definition) is 6. The van der Waals surface area contributed by atoms with Gasteiger partial charge in [-0.1, -0.05) is 19.4 Å². The summed E-state index contributed by atoms with van der Waals surface area (Å²) in [6.45, 7) is 5.90. The van der Waals surface area contributed by atoms with Crippen molar-refractivity contribution >= 4 is 29.1 Å². The summed E-state index contributed by atoms with van der Waals surface area (Å²) in [6, 6.07) is 8.94. The van der Waals surface area contributed by atoms with Gasteiger partial charge in [0.1, 0.15) is 0 Å². The molecule has 0 aliphatic carbocycles. The predicted molar refractivity (Wildman–Crippen MR) is 119 cm³/mol. The fourth-order valence-electron chi connectivity index (χ4n) is 4.02. The van der Waals surface area contributed by atoms with E-state index in [4.69, 9.17) is 4.74 Å². The molecule has 2 aliphatic rings. The van der Waals surface area contributed by atoms with Crippen LogP contribution in [0.25, 0.3) is 0 Å². The zero-order valence-corrected chi connectivity index (χ0v) is 18.5. The van der Waals surface area contributed by atoms with Gasteiger partial charge in [0.05, 0.1) is 30.4 Å². The minimum Gasteiger partial charge on any atom is -0.379 e. The number of nitrogens with zero attached hydrogens (tertiary/aromatic N) is 2. The summed E-state index contributed by atoms with van der Waals surface area (Å²) in [4.78, 5) is 42.9. The number of ether oxygens (including phenoxy) is 1. The molecule has 0 unspecified atom stereocenters. The summed E-state index contributed by atoms with van der Waals surface area (Å²) in [5.74, 6) is -0.830. The van der Waals surface area contributed by atoms with Crippen molar-refractivity contribution in [2.24, 2.45) is 0 Å². The molecule has 0 radical (unpaired) electrons. The molecule has 1 N–H and O–H groups in total. The molecule has 2 aliphatic heterocycles. The van der Waals surface area contributed by atoms with E-state index in [0.717, 1.165) is 25.9 Å². The lowest BCUT2D eigenvalue weighted by Gasteiger charge is -2.34. The minimum atomic E-state index is -0.312. The van der Waals surface area contributed by atoms with Crippen LogP contribution in [-0.2, 0) is 4.74 Å². The van der Waals surface area contributed by atoms with Crippen molar-refractivity contribution in [3.05, 3.63) is 57.3 Å². The van der Waals surface area contributed by atoms with Gasteiger partial charge in [-0.15, -0.1) is 11.3 Å². The van der Waals surface area contributed by atoms with Crippen LogP contribution in [0.1, 0.15) is 61.8 Å². The Bertz CT molecular complexity index is 954. The standard InChI is InChI=1S/C23H27N3O4S/c1-2-3-8-26-22(28)17-7-6-16(14-18(17)23(26)29)21(27)24-15-19(20-5-4-13-31-20)25-9-11-30-12-10-25/h4-7,13-14,19H,2-3,8-12,15H2,1H3,(H,24,27)/t19-/m1/s1. The van der Waals surface area contributed by atoms with Gasteiger partial charge in [0.25, 0.3) is 17.7 Å². The molecule has 0 saturated carbocycles. The van der Waals surface area contributed by atoms with Gasteiger partial charge in [0.15, 0.2) is 0 Å². The Labute approximate surface area is 186 Å². The Kier molecular flexibility index (Phi) is 6.80. The molecule has 3 heterocycles. The molecular weight excluding hydrogens is 414 g/mol. The average molecular weight is 442 g/mol. The molecule has 1 aromatic carbocycles. The molecule has 31 heavy (non-hydrogen) atoms. The maximum Gasteiger partial charge on any atom is 0.261 e. The van der Waals surface area contributed by atoms with Gasteiger partial charge in [0, 0.05) is 36.6 Å². The molecule has 0 spiro atoms. The number of amides is 3. The first-order valence-electron chi connectivity index (χ1n) is 10.7. The summed E-state index contributed by atoms with van der Waals surface area (Å²) < 4.78 is 5.47. The number of nitrogens with one attached hydrogen (secondary N) is 1. The number of rotatable bonds is 8. The van der Waals surface area contributed by atoms with E-state index in [0.29, 0.717) is 43.0 Å². The van der Waals surface area contributed by atoms with E-state index in [1.165, 1.54) is 9.78 Å². The Morgan fingerprint density at radius 3 is 2.65 bits per heavy atom. The van der Waals surface area contributed by atoms with E-state index < -0.39 is 0 Å². The maximum atomic E-state index is 12.9. The van der Waals surface area contributed by atoms with Crippen LogP contribution >= 0.6 is 11.3 Å². The lowest BCUT2D eigenvalue weighted by molar-refractivity contribution is 0.0169. The van der Waals surface area contributed by atoms with Crippen LogP contribution in [0.4, 0.5) is 0 Å².